The predicted molar refractivity (Wildman–Crippen MR) is 75.1 cm³/mol. The first kappa shape index (κ1) is 11.7. The summed E-state index contributed by atoms with van der Waals surface area (Å²) in [6, 6.07) is 19.1. The van der Waals surface area contributed by atoms with Gasteiger partial charge in [0.25, 0.3) is 0 Å². The minimum atomic E-state index is 0.455. The van der Waals surface area contributed by atoms with E-state index in [2.05, 4.69) is 80.6 Å². The van der Waals surface area contributed by atoms with E-state index >= 15 is 0 Å². The molecule has 0 heterocycles. The van der Waals surface area contributed by atoms with Crippen LogP contribution in [0.4, 0.5) is 0 Å². The summed E-state index contributed by atoms with van der Waals surface area (Å²) >= 11 is 0. The summed E-state index contributed by atoms with van der Waals surface area (Å²) < 4.78 is 0. The maximum atomic E-state index is 2.25. The maximum Gasteiger partial charge on any atom is -0.000711 e. The molecular weight excluding hydrogens is 204 g/mol. The van der Waals surface area contributed by atoms with Gasteiger partial charge in [-0.3, -0.25) is 0 Å². The van der Waals surface area contributed by atoms with Crippen molar-refractivity contribution in [3.05, 3.63) is 77.4 Å². The number of allylic oxidation sites excluding steroid dienone is 1. The number of benzene rings is 2. The van der Waals surface area contributed by atoms with Crippen molar-refractivity contribution in [3.63, 3.8) is 0 Å². The Bertz CT molecular complexity index is 494. The smallest absolute Gasteiger partial charge is 0.000711 e. The fraction of sp³-hybridized carbons (Fsp3) is 0.176. The second kappa shape index (κ2) is 5.49. The topological polar surface area (TPSA) is 0 Å². The summed E-state index contributed by atoms with van der Waals surface area (Å²) in [4.78, 5) is 0. The second-order valence-corrected chi connectivity index (χ2v) is 4.47. The van der Waals surface area contributed by atoms with Gasteiger partial charge < -0.3 is 0 Å². The minimum absolute atomic E-state index is 0.455. The van der Waals surface area contributed by atoms with E-state index in [9.17, 15) is 0 Å². The molecule has 0 spiro atoms. The molecule has 0 radical (unpaired) electrons. The largest absolute Gasteiger partial charge is 0.0767 e. The molecule has 0 aliphatic rings. The van der Waals surface area contributed by atoms with Crippen molar-refractivity contribution in [2.45, 2.75) is 19.8 Å². The Kier molecular flexibility index (Phi) is 3.77. The van der Waals surface area contributed by atoms with Gasteiger partial charge in [-0.2, -0.15) is 0 Å². The molecule has 17 heavy (non-hydrogen) atoms. The van der Waals surface area contributed by atoms with Crippen molar-refractivity contribution in [2.75, 3.05) is 0 Å². The Hall–Kier alpha value is -1.82. The van der Waals surface area contributed by atoms with Crippen LogP contribution < -0.4 is 0 Å². The fourth-order valence-corrected chi connectivity index (χ4v) is 1.90. The van der Waals surface area contributed by atoms with E-state index in [0.29, 0.717) is 5.92 Å². The van der Waals surface area contributed by atoms with Crippen molar-refractivity contribution < 1.29 is 0 Å². The molecule has 0 aliphatic heterocycles. The lowest BCUT2D eigenvalue weighted by Gasteiger charge is -2.06. The van der Waals surface area contributed by atoms with Gasteiger partial charge in [0.2, 0.25) is 0 Å². The van der Waals surface area contributed by atoms with Crippen LogP contribution in [0.5, 0.6) is 0 Å². The summed E-state index contributed by atoms with van der Waals surface area (Å²) in [5.74, 6) is 0.455. The summed E-state index contributed by atoms with van der Waals surface area (Å²) in [7, 11) is 0. The lowest BCUT2D eigenvalue weighted by Crippen LogP contribution is -1.87. The van der Waals surface area contributed by atoms with E-state index in [1.807, 2.05) is 0 Å². The van der Waals surface area contributed by atoms with Gasteiger partial charge in [0.1, 0.15) is 0 Å². The summed E-state index contributed by atoms with van der Waals surface area (Å²) in [5.41, 5.74) is 3.93. The van der Waals surface area contributed by atoms with Crippen LogP contribution in [0.1, 0.15) is 29.5 Å². The Labute approximate surface area is 104 Å². The lowest BCUT2D eigenvalue weighted by molar-refractivity contribution is 0.973. The summed E-state index contributed by atoms with van der Waals surface area (Å²) in [6.45, 7) is 4.35. The Morgan fingerprint density at radius 2 is 1.71 bits per heavy atom. The molecule has 0 fully saturated rings. The third kappa shape index (κ3) is 3.32. The Morgan fingerprint density at radius 3 is 2.41 bits per heavy atom. The minimum Gasteiger partial charge on any atom is -0.0767 e. The van der Waals surface area contributed by atoms with Crippen LogP contribution in [-0.4, -0.2) is 0 Å². The van der Waals surface area contributed by atoms with Crippen molar-refractivity contribution >= 4 is 6.08 Å². The van der Waals surface area contributed by atoms with Crippen LogP contribution in [0.15, 0.2) is 60.7 Å². The lowest BCUT2D eigenvalue weighted by atomic mass is 10.00. The molecule has 0 saturated carbocycles. The fourth-order valence-electron chi connectivity index (χ4n) is 1.90. The van der Waals surface area contributed by atoms with E-state index in [-0.39, 0.29) is 0 Å². The first-order valence-electron chi connectivity index (χ1n) is 6.05. The molecule has 2 rings (SSSR count). The molecule has 0 aromatic heterocycles. The van der Waals surface area contributed by atoms with Crippen LogP contribution in [0.2, 0.25) is 0 Å². The van der Waals surface area contributed by atoms with Gasteiger partial charge in [0, 0.05) is 0 Å². The summed E-state index contributed by atoms with van der Waals surface area (Å²) in [5, 5.41) is 0. The van der Waals surface area contributed by atoms with E-state index in [1.54, 1.807) is 0 Å². The van der Waals surface area contributed by atoms with Crippen LogP contribution in [0.25, 0.3) is 6.08 Å². The highest BCUT2D eigenvalue weighted by atomic mass is 14.0. The zero-order chi connectivity index (χ0) is 12.1. The third-order valence-electron chi connectivity index (χ3n) is 2.94. The average molecular weight is 222 g/mol. The number of hydrogen-bond donors (Lipinski definition) is 0. The Balaban J connectivity index is 2.11. The highest BCUT2D eigenvalue weighted by Gasteiger charge is 1.99. The summed E-state index contributed by atoms with van der Waals surface area (Å²) in [6.07, 6.45) is 4.45. The zero-order valence-electron chi connectivity index (χ0n) is 10.4. The van der Waals surface area contributed by atoms with Crippen LogP contribution in [0.3, 0.4) is 0 Å². The normalized spacial score (nSPS) is 12.8. The van der Waals surface area contributed by atoms with Gasteiger partial charge in [0.05, 0.1) is 0 Å². The molecule has 2 aromatic carbocycles. The molecule has 0 aliphatic carbocycles. The van der Waals surface area contributed by atoms with Crippen molar-refractivity contribution in [3.8, 4) is 0 Å². The van der Waals surface area contributed by atoms with Gasteiger partial charge in [0.15, 0.2) is 0 Å². The number of rotatable bonds is 3. The maximum absolute atomic E-state index is 2.25. The zero-order valence-corrected chi connectivity index (χ0v) is 10.4. The highest BCUT2D eigenvalue weighted by Crippen LogP contribution is 2.17. The van der Waals surface area contributed by atoms with Gasteiger partial charge >= 0.3 is 0 Å². The molecule has 0 saturated heterocycles. The van der Waals surface area contributed by atoms with Gasteiger partial charge in [-0.05, 0) is 24.0 Å². The van der Waals surface area contributed by atoms with Crippen LogP contribution in [-0.2, 0) is 0 Å². The molecule has 0 amide bonds. The monoisotopic (exact) mass is 222 g/mol. The molecule has 1 unspecified atom stereocenters. The molecule has 86 valence electrons. The highest BCUT2D eigenvalue weighted by molar-refractivity contribution is 5.51. The molecule has 2 aromatic rings. The average Bonchev–Trinajstić information content (AvgIpc) is 2.37. The SMILES string of the molecule is Cc1cccc(C=CC(C)c2ccccc2)c1. The quantitative estimate of drug-likeness (QED) is 0.699. The predicted octanol–water partition coefficient (Wildman–Crippen LogP) is 4.81. The number of aryl methyl sites for hydroxylation is 1. The number of hydrogen-bond acceptors (Lipinski definition) is 0. The third-order valence-corrected chi connectivity index (χ3v) is 2.94. The first-order valence-corrected chi connectivity index (χ1v) is 6.05. The van der Waals surface area contributed by atoms with E-state index in [1.165, 1.54) is 16.7 Å². The van der Waals surface area contributed by atoms with E-state index in [0.717, 1.165) is 0 Å². The van der Waals surface area contributed by atoms with Crippen molar-refractivity contribution in [1.29, 1.82) is 0 Å². The first-order chi connectivity index (χ1) is 8.25. The molecule has 1 atom stereocenters. The van der Waals surface area contributed by atoms with Crippen molar-refractivity contribution in [2.24, 2.45) is 0 Å². The van der Waals surface area contributed by atoms with Gasteiger partial charge in [-0.1, -0.05) is 79.2 Å². The molecular formula is C17H18. The van der Waals surface area contributed by atoms with Crippen LogP contribution >= 0.6 is 0 Å². The Morgan fingerprint density at radius 1 is 0.941 bits per heavy atom. The second-order valence-electron chi connectivity index (χ2n) is 4.47. The van der Waals surface area contributed by atoms with Gasteiger partial charge in [-0.15, -0.1) is 0 Å². The molecule has 0 nitrogen and oxygen atoms in total. The molecule has 0 bridgehead atoms. The van der Waals surface area contributed by atoms with E-state index in [4.69, 9.17) is 0 Å². The standard InChI is InChI=1S/C17H18/c1-14-7-6-8-16(13-14)12-11-15(2)17-9-4-3-5-10-17/h3-13,15H,1-2H3. The van der Waals surface area contributed by atoms with E-state index < -0.39 is 0 Å². The van der Waals surface area contributed by atoms with Crippen LogP contribution in [0, 0.1) is 6.92 Å². The molecule has 0 N–H and O–H groups in total. The van der Waals surface area contributed by atoms with Gasteiger partial charge in [-0.25, -0.2) is 0 Å². The van der Waals surface area contributed by atoms with Crippen molar-refractivity contribution in [1.82, 2.24) is 0 Å². The molecule has 0 heteroatoms.